The number of likely N-dealkylation sites (tertiary alicyclic amines) is 1. The second kappa shape index (κ2) is 5.27. The van der Waals surface area contributed by atoms with Crippen LogP contribution in [0.3, 0.4) is 0 Å². The van der Waals surface area contributed by atoms with Gasteiger partial charge >= 0.3 is 0 Å². The fourth-order valence-electron chi connectivity index (χ4n) is 1.96. The van der Waals surface area contributed by atoms with E-state index in [1.807, 2.05) is 6.07 Å². The number of nitrogens with one attached hydrogen (secondary N) is 1. The molecule has 2 amide bonds. The molecule has 0 bridgehead atoms. The molecule has 2 rings (SSSR count). The van der Waals surface area contributed by atoms with Gasteiger partial charge < -0.3 is 10.2 Å². The highest BCUT2D eigenvalue weighted by atomic mass is 16.2. The number of nitrogens with zero attached hydrogens (tertiary/aromatic N) is 3. The largest absolute Gasteiger partial charge is 0.328 e. The van der Waals surface area contributed by atoms with E-state index in [-0.39, 0.29) is 18.4 Å². The number of hydrogen-bond acceptors (Lipinski definition) is 4. The molecule has 0 aromatic carbocycles. The van der Waals surface area contributed by atoms with Crippen molar-refractivity contribution in [2.24, 2.45) is 5.92 Å². The van der Waals surface area contributed by atoms with E-state index in [2.05, 4.69) is 10.3 Å². The average Bonchev–Trinajstić information content (AvgIpc) is 2.83. The van der Waals surface area contributed by atoms with Crippen molar-refractivity contribution < 1.29 is 9.59 Å². The Morgan fingerprint density at radius 2 is 2.44 bits per heavy atom. The maximum atomic E-state index is 11.9. The molecular weight excluding hydrogens is 232 g/mol. The third kappa shape index (κ3) is 2.46. The molecule has 1 aliphatic heterocycles. The van der Waals surface area contributed by atoms with Gasteiger partial charge in [-0.15, -0.1) is 0 Å². The number of anilines is 1. The summed E-state index contributed by atoms with van der Waals surface area (Å²) in [6, 6.07) is 6.71. The molecule has 1 aromatic rings. The van der Waals surface area contributed by atoms with Crippen LogP contribution in [0, 0.1) is 17.2 Å². The van der Waals surface area contributed by atoms with Gasteiger partial charge in [0.1, 0.15) is 11.9 Å². The maximum absolute atomic E-state index is 11.9. The number of carbonyl (C=O) groups excluding carboxylic acids is 2. The molecule has 6 heteroatoms. The number of rotatable bonds is 3. The Bertz CT molecular complexity index is 483. The van der Waals surface area contributed by atoms with Crippen molar-refractivity contribution >= 4 is 18.1 Å². The Balaban J connectivity index is 1.99. The molecule has 2 atom stereocenters. The Hall–Kier alpha value is -2.42. The molecule has 0 saturated carbocycles. The van der Waals surface area contributed by atoms with E-state index < -0.39 is 6.04 Å². The SMILES string of the molecule is N#C[C@@H]1CC(C(=O)Nc2ccccn2)CN1C=O. The van der Waals surface area contributed by atoms with Crippen molar-refractivity contribution in [3.63, 3.8) is 0 Å². The van der Waals surface area contributed by atoms with Crippen molar-refractivity contribution in [3.05, 3.63) is 24.4 Å². The summed E-state index contributed by atoms with van der Waals surface area (Å²) in [5.74, 6) is -0.0966. The van der Waals surface area contributed by atoms with Gasteiger partial charge in [-0.1, -0.05) is 6.07 Å². The highest BCUT2D eigenvalue weighted by molar-refractivity contribution is 5.92. The number of nitriles is 1. The first-order chi connectivity index (χ1) is 8.74. The van der Waals surface area contributed by atoms with Gasteiger partial charge in [0.25, 0.3) is 0 Å². The van der Waals surface area contributed by atoms with Gasteiger partial charge in [0, 0.05) is 12.7 Å². The number of hydrogen-bond donors (Lipinski definition) is 1. The van der Waals surface area contributed by atoms with Gasteiger partial charge in [-0.25, -0.2) is 4.98 Å². The van der Waals surface area contributed by atoms with E-state index in [0.29, 0.717) is 18.6 Å². The second-order valence-electron chi connectivity index (χ2n) is 4.08. The summed E-state index contributed by atoms with van der Waals surface area (Å²) in [5.41, 5.74) is 0. The van der Waals surface area contributed by atoms with Crippen LogP contribution in [0.5, 0.6) is 0 Å². The molecule has 2 heterocycles. The maximum Gasteiger partial charge on any atom is 0.230 e. The Morgan fingerprint density at radius 1 is 1.61 bits per heavy atom. The smallest absolute Gasteiger partial charge is 0.230 e. The van der Waals surface area contributed by atoms with Gasteiger partial charge in [-0.2, -0.15) is 5.26 Å². The van der Waals surface area contributed by atoms with Crippen LogP contribution in [-0.2, 0) is 9.59 Å². The first-order valence-corrected chi connectivity index (χ1v) is 5.57. The minimum atomic E-state index is -0.512. The van der Waals surface area contributed by atoms with E-state index >= 15 is 0 Å². The number of amides is 2. The van der Waals surface area contributed by atoms with Crippen LogP contribution in [0.25, 0.3) is 0 Å². The molecule has 0 spiro atoms. The summed E-state index contributed by atoms with van der Waals surface area (Å²) in [6.07, 6.45) is 2.57. The highest BCUT2D eigenvalue weighted by Gasteiger charge is 2.35. The Labute approximate surface area is 104 Å². The van der Waals surface area contributed by atoms with Crippen molar-refractivity contribution in [2.75, 3.05) is 11.9 Å². The Morgan fingerprint density at radius 3 is 3.00 bits per heavy atom. The topological polar surface area (TPSA) is 86.1 Å². The monoisotopic (exact) mass is 244 g/mol. The van der Waals surface area contributed by atoms with Crippen molar-refractivity contribution in [1.82, 2.24) is 9.88 Å². The fourth-order valence-corrected chi connectivity index (χ4v) is 1.96. The predicted octanol–water partition coefficient (Wildman–Crippen LogP) is 0.391. The lowest BCUT2D eigenvalue weighted by Crippen LogP contribution is -2.28. The third-order valence-electron chi connectivity index (χ3n) is 2.91. The average molecular weight is 244 g/mol. The van der Waals surface area contributed by atoms with E-state index in [1.54, 1.807) is 24.4 Å². The second-order valence-corrected chi connectivity index (χ2v) is 4.08. The van der Waals surface area contributed by atoms with Gasteiger partial charge in [0.05, 0.1) is 12.0 Å². The predicted molar refractivity (Wildman–Crippen MR) is 63.1 cm³/mol. The molecule has 1 aliphatic rings. The van der Waals surface area contributed by atoms with Crippen LogP contribution in [0.15, 0.2) is 24.4 Å². The highest BCUT2D eigenvalue weighted by Crippen LogP contribution is 2.22. The quantitative estimate of drug-likeness (QED) is 0.779. The van der Waals surface area contributed by atoms with E-state index in [0.717, 1.165) is 0 Å². The van der Waals surface area contributed by atoms with Crippen LogP contribution < -0.4 is 5.32 Å². The zero-order chi connectivity index (χ0) is 13.0. The zero-order valence-corrected chi connectivity index (χ0v) is 9.61. The molecule has 0 aliphatic carbocycles. The van der Waals surface area contributed by atoms with E-state index in [1.165, 1.54) is 4.90 Å². The van der Waals surface area contributed by atoms with Gasteiger partial charge in [0.2, 0.25) is 12.3 Å². The zero-order valence-electron chi connectivity index (χ0n) is 9.61. The van der Waals surface area contributed by atoms with Gasteiger partial charge in [-0.3, -0.25) is 9.59 Å². The molecule has 1 aromatic heterocycles. The summed E-state index contributed by atoms with van der Waals surface area (Å²) < 4.78 is 0. The summed E-state index contributed by atoms with van der Waals surface area (Å²) >= 11 is 0. The van der Waals surface area contributed by atoms with Gasteiger partial charge in [0.15, 0.2) is 0 Å². The minimum Gasteiger partial charge on any atom is -0.328 e. The lowest BCUT2D eigenvalue weighted by Gasteiger charge is -2.11. The van der Waals surface area contributed by atoms with Crippen LogP contribution in [0.2, 0.25) is 0 Å². The van der Waals surface area contributed by atoms with Crippen LogP contribution in [-0.4, -0.2) is 34.8 Å². The van der Waals surface area contributed by atoms with E-state index in [9.17, 15) is 9.59 Å². The normalized spacial score (nSPS) is 22.3. The number of pyridine rings is 1. The van der Waals surface area contributed by atoms with Crippen molar-refractivity contribution in [3.8, 4) is 6.07 Å². The first kappa shape index (κ1) is 12.0. The lowest BCUT2D eigenvalue weighted by molar-refractivity contribution is -0.120. The molecule has 1 unspecified atom stereocenters. The molecular formula is C12H12N4O2. The summed E-state index contributed by atoms with van der Waals surface area (Å²) in [4.78, 5) is 28.0. The molecule has 1 fully saturated rings. The summed E-state index contributed by atoms with van der Waals surface area (Å²) in [6.45, 7) is 0.278. The Kier molecular flexibility index (Phi) is 3.53. The van der Waals surface area contributed by atoms with E-state index in [4.69, 9.17) is 5.26 Å². The van der Waals surface area contributed by atoms with Crippen LogP contribution in [0.1, 0.15) is 6.42 Å². The molecule has 6 nitrogen and oxygen atoms in total. The summed E-state index contributed by atoms with van der Waals surface area (Å²) in [7, 11) is 0. The molecule has 18 heavy (non-hydrogen) atoms. The number of carbonyl (C=O) groups is 2. The van der Waals surface area contributed by atoms with Crippen molar-refractivity contribution in [1.29, 1.82) is 5.26 Å². The van der Waals surface area contributed by atoms with Crippen molar-refractivity contribution in [2.45, 2.75) is 12.5 Å². The van der Waals surface area contributed by atoms with Crippen LogP contribution >= 0.6 is 0 Å². The molecule has 92 valence electrons. The summed E-state index contributed by atoms with van der Waals surface area (Å²) in [5, 5.41) is 11.5. The first-order valence-electron chi connectivity index (χ1n) is 5.57. The molecule has 1 saturated heterocycles. The molecule has 1 N–H and O–H groups in total. The molecule has 0 radical (unpaired) electrons. The van der Waals surface area contributed by atoms with Gasteiger partial charge in [-0.05, 0) is 18.6 Å². The third-order valence-corrected chi connectivity index (χ3v) is 2.91. The standard InChI is InChI=1S/C12H12N4O2/c13-6-10-5-9(7-16(10)8-17)12(18)15-11-3-1-2-4-14-11/h1-4,8-10H,5,7H2,(H,14,15,18)/t9?,10-/m0/s1. The number of aromatic nitrogens is 1. The minimum absolute atomic E-state index is 0.210. The lowest BCUT2D eigenvalue weighted by atomic mass is 10.1. The fraction of sp³-hybridized carbons (Fsp3) is 0.333. The van der Waals surface area contributed by atoms with Crippen LogP contribution in [0.4, 0.5) is 5.82 Å².